The lowest BCUT2D eigenvalue weighted by Gasteiger charge is -2.15. The van der Waals surface area contributed by atoms with E-state index in [4.69, 9.17) is 0 Å². The number of hydrogen-bond acceptors (Lipinski definition) is 4. The van der Waals surface area contributed by atoms with Crippen LogP contribution < -0.4 is 5.32 Å². The van der Waals surface area contributed by atoms with E-state index in [0.29, 0.717) is 0 Å². The van der Waals surface area contributed by atoms with Crippen molar-refractivity contribution in [1.29, 1.82) is 0 Å². The summed E-state index contributed by atoms with van der Waals surface area (Å²) in [4.78, 5) is 2.49. The molecule has 1 aliphatic heterocycles. The van der Waals surface area contributed by atoms with Crippen molar-refractivity contribution in [3.63, 3.8) is 0 Å². The van der Waals surface area contributed by atoms with Gasteiger partial charge >= 0.3 is 0 Å². The standard InChI is InChI=1S/C17H22N4.2ClH/c1-14-13-16(15-7-3-2-4-8-15)19-20-17(14)18-9-12-21-10-5-6-11-21;;/h2-4,7-8,13H,5-6,9-12H2,1H3,(H,18,20);2*1H. The molecule has 126 valence electrons. The maximum absolute atomic E-state index is 4.34. The molecule has 0 saturated carbocycles. The summed E-state index contributed by atoms with van der Waals surface area (Å²) in [7, 11) is 0. The van der Waals surface area contributed by atoms with E-state index in [-0.39, 0.29) is 24.8 Å². The van der Waals surface area contributed by atoms with Crippen molar-refractivity contribution in [2.75, 3.05) is 31.5 Å². The lowest BCUT2D eigenvalue weighted by Crippen LogP contribution is -2.26. The Bertz CT molecular complexity index is 586. The summed E-state index contributed by atoms with van der Waals surface area (Å²) in [5, 5.41) is 12.1. The molecule has 1 aromatic carbocycles. The van der Waals surface area contributed by atoms with Crippen molar-refractivity contribution in [2.24, 2.45) is 0 Å². The number of benzene rings is 1. The van der Waals surface area contributed by atoms with Gasteiger partial charge in [0.15, 0.2) is 5.82 Å². The van der Waals surface area contributed by atoms with Gasteiger partial charge in [-0.15, -0.1) is 35.0 Å². The lowest BCUT2D eigenvalue weighted by atomic mass is 10.1. The van der Waals surface area contributed by atoms with Crippen molar-refractivity contribution < 1.29 is 0 Å². The van der Waals surface area contributed by atoms with Crippen molar-refractivity contribution in [3.05, 3.63) is 42.0 Å². The highest BCUT2D eigenvalue weighted by Crippen LogP contribution is 2.19. The van der Waals surface area contributed by atoms with Gasteiger partial charge in [-0.05, 0) is 44.5 Å². The number of nitrogens with one attached hydrogen (secondary N) is 1. The number of aromatic nitrogens is 2. The zero-order valence-corrected chi connectivity index (χ0v) is 15.0. The minimum absolute atomic E-state index is 0. The molecule has 0 spiro atoms. The van der Waals surface area contributed by atoms with Gasteiger partial charge in [-0.2, -0.15) is 0 Å². The molecule has 23 heavy (non-hydrogen) atoms. The molecular weight excluding hydrogens is 331 g/mol. The third-order valence-electron chi connectivity index (χ3n) is 3.97. The maximum Gasteiger partial charge on any atom is 0.151 e. The van der Waals surface area contributed by atoms with E-state index >= 15 is 0 Å². The number of halogens is 2. The van der Waals surface area contributed by atoms with Crippen LogP contribution in [0.4, 0.5) is 5.82 Å². The predicted molar refractivity (Wildman–Crippen MR) is 101 cm³/mol. The van der Waals surface area contributed by atoms with Crippen LogP contribution >= 0.6 is 24.8 Å². The summed E-state index contributed by atoms with van der Waals surface area (Å²) in [5.74, 6) is 0.897. The highest BCUT2D eigenvalue weighted by Gasteiger charge is 2.11. The van der Waals surface area contributed by atoms with Crippen molar-refractivity contribution in [3.8, 4) is 11.3 Å². The number of likely N-dealkylation sites (tertiary alicyclic amines) is 1. The van der Waals surface area contributed by atoms with Crippen LogP contribution in [0.5, 0.6) is 0 Å². The predicted octanol–water partition coefficient (Wildman–Crippen LogP) is 3.80. The van der Waals surface area contributed by atoms with E-state index in [9.17, 15) is 0 Å². The smallest absolute Gasteiger partial charge is 0.151 e. The van der Waals surface area contributed by atoms with Gasteiger partial charge in [0.2, 0.25) is 0 Å². The Morgan fingerprint density at radius 3 is 2.39 bits per heavy atom. The van der Waals surface area contributed by atoms with Crippen LogP contribution in [0.25, 0.3) is 11.3 Å². The second kappa shape index (κ2) is 9.71. The molecule has 1 saturated heterocycles. The molecule has 1 fully saturated rings. The van der Waals surface area contributed by atoms with Gasteiger partial charge in [0.25, 0.3) is 0 Å². The van der Waals surface area contributed by atoms with Crippen LogP contribution in [0.15, 0.2) is 36.4 Å². The summed E-state index contributed by atoms with van der Waals surface area (Å²) < 4.78 is 0. The number of rotatable bonds is 5. The monoisotopic (exact) mass is 354 g/mol. The van der Waals surface area contributed by atoms with E-state index < -0.39 is 0 Å². The Kier molecular flexibility index (Phi) is 8.31. The van der Waals surface area contributed by atoms with Crippen LogP contribution in [-0.2, 0) is 0 Å². The topological polar surface area (TPSA) is 41.1 Å². The normalized spacial score (nSPS) is 14.0. The minimum atomic E-state index is 0. The second-order valence-corrected chi connectivity index (χ2v) is 5.60. The molecule has 4 nitrogen and oxygen atoms in total. The van der Waals surface area contributed by atoms with Crippen molar-refractivity contribution in [2.45, 2.75) is 19.8 Å². The summed E-state index contributed by atoms with van der Waals surface area (Å²) in [6.07, 6.45) is 2.68. The summed E-state index contributed by atoms with van der Waals surface area (Å²) in [6, 6.07) is 12.3. The highest BCUT2D eigenvalue weighted by molar-refractivity contribution is 5.85. The molecule has 0 atom stereocenters. The summed E-state index contributed by atoms with van der Waals surface area (Å²) >= 11 is 0. The molecule has 6 heteroatoms. The van der Waals surface area contributed by atoms with Crippen molar-refractivity contribution >= 4 is 30.6 Å². The number of anilines is 1. The van der Waals surface area contributed by atoms with Gasteiger partial charge in [0.05, 0.1) is 5.69 Å². The Balaban J connectivity index is 0.00000132. The molecule has 1 N–H and O–H groups in total. The fraction of sp³-hybridized carbons (Fsp3) is 0.412. The molecule has 0 amide bonds. The molecule has 0 unspecified atom stereocenters. The molecule has 1 aromatic heterocycles. The van der Waals surface area contributed by atoms with E-state index in [1.54, 1.807) is 0 Å². The van der Waals surface area contributed by atoms with Crippen LogP contribution in [0, 0.1) is 6.92 Å². The molecule has 0 bridgehead atoms. The number of nitrogens with zero attached hydrogens (tertiary/aromatic N) is 3. The summed E-state index contributed by atoms with van der Waals surface area (Å²) in [5.41, 5.74) is 3.18. The maximum atomic E-state index is 4.34. The second-order valence-electron chi connectivity index (χ2n) is 5.60. The average Bonchev–Trinajstić information content (AvgIpc) is 3.03. The van der Waals surface area contributed by atoms with Gasteiger partial charge in [0, 0.05) is 18.7 Å². The first-order valence-electron chi connectivity index (χ1n) is 7.69. The highest BCUT2D eigenvalue weighted by atomic mass is 35.5. The van der Waals surface area contributed by atoms with E-state index in [1.165, 1.54) is 25.9 Å². The molecule has 2 aromatic rings. The van der Waals surface area contributed by atoms with Crippen LogP contribution in [0.2, 0.25) is 0 Å². The Morgan fingerprint density at radius 2 is 1.74 bits per heavy atom. The molecule has 0 aliphatic carbocycles. The van der Waals surface area contributed by atoms with Crippen LogP contribution in [-0.4, -0.2) is 41.3 Å². The average molecular weight is 355 g/mol. The molecule has 1 aliphatic rings. The Hall–Kier alpha value is -1.36. The quantitative estimate of drug-likeness (QED) is 0.886. The zero-order valence-electron chi connectivity index (χ0n) is 13.4. The SMILES string of the molecule is Cc1cc(-c2ccccc2)nnc1NCCN1CCCC1.Cl.Cl. The van der Waals surface area contributed by atoms with Gasteiger partial charge in [-0.1, -0.05) is 30.3 Å². The largest absolute Gasteiger partial charge is 0.367 e. The molecule has 2 heterocycles. The van der Waals surface area contributed by atoms with Gasteiger partial charge in [-0.3, -0.25) is 0 Å². The molecular formula is C17H24Cl2N4. The first-order chi connectivity index (χ1) is 10.3. The first kappa shape index (κ1) is 19.7. The summed E-state index contributed by atoms with van der Waals surface area (Å²) in [6.45, 7) is 6.57. The number of hydrogen-bond donors (Lipinski definition) is 1. The van der Waals surface area contributed by atoms with E-state index in [0.717, 1.165) is 35.7 Å². The van der Waals surface area contributed by atoms with E-state index in [2.05, 4.69) is 45.5 Å². The van der Waals surface area contributed by atoms with Crippen LogP contribution in [0.1, 0.15) is 18.4 Å². The third kappa shape index (κ3) is 5.34. The van der Waals surface area contributed by atoms with Crippen LogP contribution in [0.3, 0.4) is 0 Å². The minimum Gasteiger partial charge on any atom is -0.367 e. The Labute approximate surface area is 150 Å². The fourth-order valence-electron chi connectivity index (χ4n) is 2.75. The van der Waals surface area contributed by atoms with Crippen molar-refractivity contribution in [1.82, 2.24) is 15.1 Å². The van der Waals surface area contributed by atoms with Gasteiger partial charge in [-0.25, -0.2) is 0 Å². The fourth-order valence-corrected chi connectivity index (χ4v) is 2.75. The molecule has 0 radical (unpaired) electrons. The Morgan fingerprint density at radius 1 is 1.04 bits per heavy atom. The zero-order chi connectivity index (χ0) is 14.5. The lowest BCUT2D eigenvalue weighted by molar-refractivity contribution is 0.352. The van der Waals surface area contributed by atoms with Gasteiger partial charge in [0.1, 0.15) is 0 Å². The molecule has 3 rings (SSSR count). The number of aryl methyl sites for hydroxylation is 1. The van der Waals surface area contributed by atoms with E-state index in [1.807, 2.05) is 18.2 Å². The third-order valence-corrected chi connectivity index (χ3v) is 3.97. The first-order valence-corrected chi connectivity index (χ1v) is 7.69. The van der Waals surface area contributed by atoms with Gasteiger partial charge < -0.3 is 10.2 Å².